The van der Waals surface area contributed by atoms with Crippen LogP contribution in [-0.2, 0) is 33.4 Å². The molecular formula is C31H46N4O4. The SMILES string of the molecule is CC(=C[C@@H](C(C)C)N(C)C(=O)[C@@H](NC(=O)[C@H]1N(C)Cc2c(c3ccccc3n2C)C1(C)C)C(C)(C)C)C(=O)O. The molecule has 0 aliphatic carbocycles. The summed E-state index contributed by atoms with van der Waals surface area (Å²) in [4.78, 5) is 43.2. The third-order valence-corrected chi connectivity index (χ3v) is 8.28. The Morgan fingerprint density at radius 1 is 1.15 bits per heavy atom. The molecule has 214 valence electrons. The van der Waals surface area contributed by atoms with Gasteiger partial charge >= 0.3 is 5.97 Å². The van der Waals surface area contributed by atoms with Crippen LogP contribution in [0.1, 0.15) is 66.6 Å². The highest BCUT2D eigenvalue weighted by molar-refractivity contribution is 5.94. The Kier molecular flexibility index (Phi) is 8.42. The predicted octanol–water partition coefficient (Wildman–Crippen LogP) is 4.31. The van der Waals surface area contributed by atoms with Crippen LogP contribution in [-0.4, -0.2) is 69.5 Å². The van der Waals surface area contributed by atoms with Crippen molar-refractivity contribution in [3.05, 3.63) is 47.2 Å². The third-order valence-electron chi connectivity index (χ3n) is 8.28. The van der Waals surface area contributed by atoms with E-state index in [1.54, 1.807) is 18.0 Å². The number of fused-ring (bicyclic) bond motifs is 3. The summed E-state index contributed by atoms with van der Waals surface area (Å²) in [6, 6.07) is 6.56. The Morgan fingerprint density at radius 3 is 2.28 bits per heavy atom. The Bertz CT molecular complexity index is 1300. The fourth-order valence-electron chi connectivity index (χ4n) is 6.19. The number of hydrogen-bond acceptors (Lipinski definition) is 4. The second-order valence-electron chi connectivity index (χ2n) is 13.1. The summed E-state index contributed by atoms with van der Waals surface area (Å²) in [6.07, 6.45) is 1.62. The van der Waals surface area contributed by atoms with Crippen molar-refractivity contribution in [3.8, 4) is 0 Å². The molecule has 0 spiro atoms. The van der Waals surface area contributed by atoms with E-state index in [1.165, 1.54) is 18.2 Å². The van der Waals surface area contributed by atoms with Gasteiger partial charge in [-0.3, -0.25) is 14.5 Å². The van der Waals surface area contributed by atoms with Crippen molar-refractivity contribution < 1.29 is 19.5 Å². The summed E-state index contributed by atoms with van der Waals surface area (Å²) in [7, 11) is 5.71. The number of aromatic nitrogens is 1. The van der Waals surface area contributed by atoms with Gasteiger partial charge in [-0.25, -0.2) is 4.79 Å². The number of amides is 2. The van der Waals surface area contributed by atoms with Crippen molar-refractivity contribution in [2.24, 2.45) is 18.4 Å². The fraction of sp³-hybridized carbons (Fsp3) is 0.581. The number of nitrogens with one attached hydrogen (secondary N) is 1. The van der Waals surface area contributed by atoms with E-state index < -0.39 is 34.9 Å². The van der Waals surface area contributed by atoms with Crippen molar-refractivity contribution in [3.63, 3.8) is 0 Å². The lowest BCUT2D eigenvalue weighted by atomic mass is 9.72. The lowest BCUT2D eigenvalue weighted by molar-refractivity contribution is -0.142. The molecule has 0 saturated carbocycles. The Morgan fingerprint density at radius 2 is 1.74 bits per heavy atom. The molecule has 2 N–H and O–H groups in total. The number of nitrogens with zero attached hydrogens (tertiary/aromatic N) is 3. The summed E-state index contributed by atoms with van der Waals surface area (Å²) in [5.74, 6) is -1.47. The monoisotopic (exact) mass is 538 g/mol. The summed E-state index contributed by atoms with van der Waals surface area (Å²) < 4.78 is 2.21. The summed E-state index contributed by atoms with van der Waals surface area (Å²) in [6.45, 7) is 16.1. The second kappa shape index (κ2) is 10.8. The number of benzene rings is 1. The average Bonchev–Trinajstić information content (AvgIpc) is 3.11. The number of carboxylic acids is 1. The van der Waals surface area contributed by atoms with E-state index in [0.717, 1.165) is 10.9 Å². The number of rotatable bonds is 7. The maximum absolute atomic E-state index is 14.1. The molecule has 1 aromatic heterocycles. The zero-order valence-corrected chi connectivity index (χ0v) is 25.4. The summed E-state index contributed by atoms with van der Waals surface area (Å²) in [5.41, 5.74) is 2.59. The fourth-order valence-corrected chi connectivity index (χ4v) is 6.19. The molecule has 0 radical (unpaired) electrons. The Hall–Kier alpha value is -3.13. The molecule has 3 rings (SSSR count). The van der Waals surface area contributed by atoms with Crippen molar-refractivity contribution >= 4 is 28.7 Å². The van der Waals surface area contributed by atoms with Crippen LogP contribution in [0.2, 0.25) is 0 Å². The average molecular weight is 539 g/mol. The molecule has 8 nitrogen and oxygen atoms in total. The minimum absolute atomic E-state index is 0.0160. The van der Waals surface area contributed by atoms with Gasteiger partial charge in [0.15, 0.2) is 0 Å². The molecule has 8 heteroatoms. The molecule has 39 heavy (non-hydrogen) atoms. The van der Waals surface area contributed by atoms with Gasteiger partial charge in [-0.05, 0) is 36.9 Å². The highest BCUT2D eigenvalue weighted by Gasteiger charge is 2.48. The van der Waals surface area contributed by atoms with Crippen molar-refractivity contribution in [2.75, 3.05) is 14.1 Å². The van der Waals surface area contributed by atoms with Gasteiger partial charge in [-0.1, -0.05) is 72.7 Å². The molecular weight excluding hydrogens is 492 g/mol. The third kappa shape index (κ3) is 5.62. The number of likely N-dealkylation sites (N-methyl/N-ethyl adjacent to an activating group) is 2. The lowest BCUT2D eigenvalue weighted by Crippen LogP contribution is -2.63. The van der Waals surface area contributed by atoms with Crippen LogP contribution in [0.5, 0.6) is 0 Å². The minimum atomic E-state index is -1.02. The van der Waals surface area contributed by atoms with Crippen LogP contribution < -0.4 is 5.32 Å². The van der Waals surface area contributed by atoms with Crippen LogP contribution in [0.25, 0.3) is 10.9 Å². The van der Waals surface area contributed by atoms with E-state index in [0.29, 0.717) is 6.54 Å². The zero-order valence-electron chi connectivity index (χ0n) is 25.4. The van der Waals surface area contributed by atoms with E-state index in [1.807, 2.05) is 53.8 Å². The smallest absolute Gasteiger partial charge is 0.331 e. The van der Waals surface area contributed by atoms with Gasteiger partial charge in [0.25, 0.3) is 0 Å². The molecule has 2 amide bonds. The first-order valence-electron chi connectivity index (χ1n) is 13.7. The standard InChI is InChI=1S/C31H46N4O4/c1-18(2)22(16-19(3)29(38)39)35(11)28(37)25(30(4,5)6)32-27(36)26-31(7,8)24-20-14-12-13-15-21(20)34(10)23(24)17-33(26)9/h12-16,18,22,25-26H,17H2,1-11H3,(H,32,36)(H,38,39)/t22-,25+,26+/m0/s1. The van der Waals surface area contributed by atoms with Gasteiger partial charge in [0.2, 0.25) is 11.8 Å². The zero-order chi connectivity index (χ0) is 29.6. The van der Waals surface area contributed by atoms with Gasteiger partial charge in [0, 0.05) is 48.2 Å². The molecule has 2 aromatic rings. The van der Waals surface area contributed by atoms with Crippen LogP contribution in [0, 0.1) is 11.3 Å². The number of carbonyl (C=O) groups excluding carboxylic acids is 2. The van der Waals surface area contributed by atoms with Crippen LogP contribution in [0.4, 0.5) is 0 Å². The van der Waals surface area contributed by atoms with E-state index in [-0.39, 0.29) is 23.3 Å². The Labute approximate surface area is 233 Å². The topological polar surface area (TPSA) is 94.9 Å². The number of aliphatic carboxylic acids is 1. The van der Waals surface area contributed by atoms with Crippen molar-refractivity contribution in [2.45, 2.75) is 85.5 Å². The van der Waals surface area contributed by atoms with Gasteiger partial charge in [-0.15, -0.1) is 0 Å². The largest absolute Gasteiger partial charge is 0.478 e. The lowest BCUT2D eigenvalue weighted by Gasteiger charge is -2.45. The predicted molar refractivity (Wildman–Crippen MR) is 155 cm³/mol. The van der Waals surface area contributed by atoms with Gasteiger partial charge in [0.1, 0.15) is 6.04 Å². The molecule has 0 fully saturated rings. The first-order chi connectivity index (χ1) is 17.9. The maximum Gasteiger partial charge on any atom is 0.331 e. The van der Waals surface area contributed by atoms with Crippen LogP contribution in [0.15, 0.2) is 35.9 Å². The highest BCUT2D eigenvalue weighted by atomic mass is 16.4. The molecule has 2 heterocycles. The van der Waals surface area contributed by atoms with Crippen molar-refractivity contribution in [1.82, 2.24) is 19.7 Å². The summed E-state index contributed by atoms with van der Waals surface area (Å²) in [5, 5.41) is 13.7. The summed E-state index contributed by atoms with van der Waals surface area (Å²) >= 11 is 0. The quantitative estimate of drug-likeness (QED) is 0.512. The molecule has 1 aromatic carbocycles. The van der Waals surface area contributed by atoms with E-state index in [9.17, 15) is 19.5 Å². The molecule has 0 bridgehead atoms. The molecule has 0 unspecified atom stereocenters. The highest BCUT2D eigenvalue weighted by Crippen LogP contribution is 2.43. The first kappa shape index (κ1) is 30.4. The molecule has 3 atom stereocenters. The molecule has 1 aliphatic heterocycles. The van der Waals surface area contributed by atoms with Gasteiger partial charge < -0.3 is 19.9 Å². The van der Waals surface area contributed by atoms with Crippen LogP contribution in [0.3, 0.4) is 0 Å². The molecule has 1 aliphatic rings. The normalized spacial score (nSPS) is 19.5. The van der Waals surface area contributed by atoms with Crippen LogP contribution >= 0.6 is 0 Å². The number of para-hydroxylation sites is 1. The number of aryl methyl sites for hydroxylation is 1. The van der Waals surface area contributed by atoms with E-state index in [4.69, 9.17) is 0 Å². The number of carboxylic acid groups (broad SMARTS) is 1. The minimum Gasteiger partial charge on any atom is -0.478 e. The molecule has 0 saturated heterocycles. The Balaban J connectivity index is 1.98. The van der Waals surface area contributed by atoms with Gasteiger partial charge in [0.05, 0.1) is 12.1 Å². The first-order valence-corrected chi connectivity index (χ1v) is 13.7. The maximum atomic E-state index is 14.1. The van der Waals surface area contributed by atoms with E-state index >= 15 is 0 Å². The number of carbonyl (C=O) groups is 3. The second-order valence-corrected chi connectivity index (χ2v) is 13.1. The van der Waals surface area contributed by atoms with Gasteiger partial charge in [-0.2, -0.15) is 0 Å². The van der Waals surface area contributed by atoms with Crippen molar-refractivity contribution in [1.29, 1.82) is 0 Å². The number of hydrogen-bond donors (Lipinski definition) is 2. The van der Waals surface area contributed by atoms with E-state index in [2.05, 4.69) is 47.8 Å².